The van der Waals surface area contributed by atoms with Gasteiger partial charge in [0.1, 0.15) is 0 Å². The predicted molar refractivity (Wildman–Crippen MR) is 154 cm³/mol. The van der Waals surface area contributed by atoms with E-state index in [1.54, 1.807) is 6.92 Å². The summed E-state index contributed by atoms with van der Waals surface area (Å²) in [5.41, 5.74) is 0. The second-order valence-corrected chi connectivity index (χ2v) is 26.7. The fourth-order valence-electron chi connectivity index (χ4n) is 4.29. The lowest BCUT2D eigenvalue weighted by Crippen LogP contribution is -2.66. The number of ether oxygens (including phenoxy) is 2. The average molecular weight is 537 g/mol. The van der Waals surface area contributed by atoms with Crippen LogP contribution in [0.15, 0.2) is 0 Å². The van der Waals surface area contributed by atoms with Gasteiger partial charge in [0.2, 0.25) is 8.32 Å². The monoisotopic (exact) mass is 536 g/mol. The fourth-order valence-corrected chi connectivity index (χ4v) is 14.6. The van der Waals surface area contributed by atoms with E-state index in [1.807, 2.05) is 6.92 Å². The number of hydrogen-bond donors (Lipinski definition) is 1. The zero-order valence-corrected chi connectivity index (χ0v) is 28.1. The molecule has 0 aromatic heterocycles. The van der Waals surface area contributed by atoms with Gasteiger partial charge in [-0.05, 0) is 79.7 Å². The molecule has 0 aliphatic carbocycles. The van der Waals surface area contributed by atoms with Crippen LogP contribution in [0.1, 0.15) is 74.1 Å². The number of rotatable bonds is 19. The minimum Gasteiger partial charge on any atom is -0.412 e. The largest absolute Gasteiger partial charge is 0.412 e. The van der Waals surface area contributed by atoms with E-state index in [4.69, 9.17) is 18.3 Å². The Morgan fingerprint density at radius 2 is 1.41 bits per heavy atom. The number of unbranched alkanes of at least 4 members (excludes halogenated alkanes) is 1. The molecule has 0 radical (unpaired) electrons. The van der Waals surface area contributed by atoms with E-state index < -0.39 is 30.8 Å². The van der Waals surface area contributed by atoms with Crippen LogP contribution >= 0.6 is 0 Å². The van der Waals surface area contributed by atoms with Crippen molar-refractivity contribution in [3.8, 4) is 0 Å². The fraction of sp³-hybridized carbons (Fsp3) is 1.00. The molecule has 0 aromatic rings. The summed E-state index contributed by atoms with van der Waals surface area (Å²) in [6.45, 7) is 31.3. The first-order valence-corrected chi connectivity index (χ1v) is 22.9. The van der Waals surface area contributed by atoms with Crippen molar-refractivity contribution in [2.75, 3.05) is 19.8 Å². The van der Waals surface area contributed by atoms with E-state index in [0.29, 0.717) is 13.2 Å². The van der Waals surface area contributed by atoms with Crippen molar-refractivity contribution < 1.29 is 23.4 Å². The van der Waals surface area contributed by atoms with Gasteiger partial charge in [-0.1, -0.05) is 45.8 Å². The highest BCUT2D eigenvalue weighted by Crippen LogP contribution is 2.39. The first-order valence-electron chi connectivity index (χ1n) is 13.6. The van der Waals surface area contributed by atoms with Gasteiger partial charge in [-0.3, -0.25) is 0 Å². The van der Waals surface area contributed by atoms with Gasteiger partial charge in [-0.2, -0.15) is 0 Å². The zero-order chi connectivity index (χ0) is 26.8. The molecule has 8 heteroatoms. The molecule has 0 saturated heterocycles. The highest BCUT2D eigenvalue weighted by molar-refractivity contribution is 6.82. The van der Waals surface area contributed by atoms with Crippen LogP contribution in [0, 0.1) is 0 Å². The first-order chi connectivity index (χ1) is 15.3. The van der Waals surface area contributed by atoms with Crippen molar-refractivity contribution in [3.63, 3.8) is 0 Å². The molecule has 0 heterocycles. The average Bonchev–Trinajstić information content (AvgIpc) is 2.69. The Morgan fingerprint density at radius 3 is 1.91 bits per heavy atom. The molecule has 206 valence electrons. The molecule has 0 spiro atoms. The Morgan fingerprint density at radius 1 is 0.824 bits per heavy atom. The van der Waals surface area contributed by atoms with Crippen LogP contribution in [0.3, 0.4) is 0 Å². The van der Waals surface area contributed by atoms with Gasteiger partial charge in [-0.15, -0.1) is 0 Å². The van der Waals surface area contributed by atoms with E-state index >= 15 is 0 Å². The molecule has 0 aromatic carbocycles. The second-order valence-electron chi connectivity index (χ2n) is 12.7. The third-order valence-electron chi connectivity index (χ3n) is 7.79. The Balaban J connectivity index is 5.00. The number of aliphatic hydroxyl groups excluding tert-OH is 1. The van der Waals surface area contributed by atoms with Crippen molar-refractivity contribution >= 4 is 24.7 Å². The molecule has 34 heavy (non-hydrogen) atoms. The topological polar surface area (TPSA) is 57.2 Å². The lowest BCUT2D eigenvalue weighted by atomic mass is 10.3. The Labute approximate surface area is 216 Å². The third kappa shape index (κ3) is 11.7. The second kappa shape index (κ2) is 14.4. The van der Waals surface area contributed by atoms with Crippen LogP contribution in [0.2, 0.25) is 51.4 Å². The maximum atomic E-state index is 9.34. The smallest absolute Gasteiger partial charge is 0.216 e. The lowest BCUT2D eigenvalue weighted by Gasteiger charge is -2.52. The van der Waals surface area contributed by atoms with E-state index in [1.165, 1.54) is 18.9 Å². The summed E-state index contributed by atoms with van der Waals surface area (Å²) in [7, 11) is -5.59. The van der Waals surface area contributed by atoms with Crippen LogP contribution < -0.4 is 0 Å². The quantitative estimate of drug-likeness (QED) is 0.140. The SMILES string of the molecule is CCCC[Si](C)(C)OC(C)(CC)[Si](C)(C)OC(C)(C)[Si](C)(C)CCCOCC(C)OCC(C)O. The predicted octanol–water partition coefficient (Wildman–Crippen LogP) is 7.16. The summed E-state index contributed by atoms with van der Waals surface area (Å²) in [5.74, 6) is 0. The Kier molecular flexibility index (Phi) is 14.6. The first kappa shape index (κ1) is 34.5. The molecule has 0 aliphatic heterocycles. The Bertz CT molecular complexity index is 567. The molecule has 5 nitrogen and oxygen atoms in total. The summed E-state index contributed by atoms with van der Waals surface area (Å²) >= 11 is 0. The summed E-state index contributed by atoms with van der Waals surface area (Å²) in [6.07, 6.45) is 4.08. The van der Waals surface area contributed by atoms with Crippen LogP contribution in [0.5, 0.6) is 0 Å². The van der Waals surface area contributed by atoms with Gasteiger partial charge >= 0.3 is 0 Å². The third-order valence-corrected chi connectivity index (χ3v) is 19.7. The number of aliphatic hydroxyl groups is 1. The molecule has 0 bridgehead atoms. The maximum absolute atomic E-state index is 9.34. The molecule has 3 atom stereocenters. The van der Waals surface area contributed by atoms with Gasteiger partial charge in [0, 0.05) is 11.8 Å². The maximum Gasteiger partial charge on any atom is 0.216 e. The van der Waals surface area contributed by atoms with Gasteiger partial charge < -0.3 is 23.4 Å². The van der Waals surface area contributed by atoms with Crippen LogP contribution in [-0.2, 0) is 18.3 Å². The molecule has 0 saturated carbocycles. The van der Waals surface area contributed by atoms with Gasteiger partial charge in [0.15, 0.2) is 8.32 Å². The summed E-state index contributed by atoms with van der Waals surface area (Å²) in [4.78, 5) is 0. The van der Waals surface area contributed by atoms with Crippen LogP contribution in [0.4, 0.5) is 0 Å². The molecular weight excluding hydrogens is 477 g/mol. The van der Waals surface area contributed by atoms with E-state index in [9.17, 15) is 5.11 Å². The highest BCUT2D eigenvalue weighted by atomic mass is 28.4. The molecular formula is C26H60O5Si3. The van der Waals surface area contributed by atoms with Crippen molar-refractivity contribution in [3.05, 3.63) is 0 Å². The van der Waals surface area contributed by atoms with Crippen molar-refractivity contribution in [1.82, 2.24) is 0 Å². The molecule has 0 rings (SSSR count). The van der Waals surface area contributed by atoms with E-state index in [2.05, 4.69) is 73.9 Å². The zero-order valence-electron chi connectivity index (χ0n) is 25.1. The normalized spacial score (nSPS) is 17.5. The summed E-state index contributed by atoms with van der Waals surface area (Å²) in [5, 5.41) is 9.03. The van der Waals surface area contributed by atoms with Crippen molar-refractivity contribution in [2.24, 2.45) is 0 Å². The summed E-state index contributed by atoms with van der Waals surface area (Å²) in [6, 6.07) is 2.38. The van der Waals surface area contributed by atoms with Gasteiger partial charge in [0.05, 0.1) is 38.7 Å². The van der Waals surface area contributed by atoms with E-state index in [0.717, 1.165) is 25.5 Å². The minimum atomic E-state index is -2.16. The minimum absolute atomic E-state index is 0.00303. The molecule has 0 aliphatic rings. The summed E-state index contributed by atoms with van der Waals surface area (Å²) < 4.78 is 25.6. The molecule has 1 N–H and O–H groups in total. The molecule has 0 amide bonds. The molecule has 3 unspecified atom stereocenters. The molecule has 0 fully saturated rings. The van der Waals surface area contributed by atoms with Crippen LogP contribution in [-0.4, -0.2) is 72.3 Å². The Hall–Kier alpha value is 0.451. The van der Waals surface area contributed by atoms with E-state index in [-0.39, 0.29) is 16.6 Å². The standard InChI is InChI=1S/C26H60O5Si3/c1-14-16-20-33(10,11)31-26(7,15-2)34(12,13)30-25(5,6)32(8,9)19-17-18-28-22-24(4)29-21-23(3)27/h23-24,27H,14-22H2,1-13H3. The van der Waals surface area contributed by atoms with Crippen molar-refractivity contribution in [1.29, 1.82) is 0 Å². The lowest BCUT2D eigenvalue weighted by molar-refractivity contribution is -0.0363. The van der Waals surface area contributed by atoms with Crippen molar-refractivity contribution in [2.45, 2.75) is 148 Å². The number of hydrogen-bond acceptors (Lipinski definition) is 5. The van der Waals surface area contributed by atoms with Crippen LogP contribution in [0.25, 0.3) is 0 Å². The highest BCUT2D eigenvalue weighted by Gasteiger charge is 2.52. The van der Waals surface area contributed by atoms with Gasteiger partial charge in [-0.25, -0.2) is 0 Å². The van der Waals surface area contributed by atoms with Gasteiger partial charge in [0.25, 0.3) is 0 Å².